The van der Waals surface area contributed by atoms with E-state index < -0.39 is 0 Å². The van der Waals surface area contributed by atoms with Crippen molar-refractivity contribution in [1.82, 2.24) is 0 Å². The zero-order valence-electron chi connectivity index (χ0n) is 17.4. The molecule has 2 aromatic carbocycles. The van der Waals surface area contributed by atoms with Crippen LogP contribution in [-0.2, 0) is 11.3 Å². The highest BCUT2D eigenvalue weighted by Crippen LogP contribution is 2.27. The number of hydrogen-bond acceptors (Lipinski definition) is 4. The smallest absolute Gasteiger partial charge is 0.279 e. The molecule has 1 fully saturated rings. The first-order valence-electron chi connectivity index (χ1n) is 9.93. The number of carbonyl (C=O) groups is 1. The minimum Gasteiger partial charge on any atom is -0.497 e. The second kappa shape index (κ2) is 10.1. The van der Waals surface area contributed by atoms with Crippen LogP contribution in [0.5, 0.6) is 17.2 Å². The number of benzene rings is 2. The third-order valence-corrected chi connectivity index (χ3v) is 5.35. The third kappa shape index (κ3) is 5.85. The molecule has 0 saturated carbocycles. The molecule has 0 spiro atoms. The number of amides is 1. The Morgan fingerprint density at radius 3 is 2.14 bits per heavy atom. The topological polar surface area (TPSA) is 65.7 Å². The van der Waals surface area contributed by atoms with E-state index in [2.05, 4.69) is 11.4 Å². The Morgan fingerprint density at radius 2 is 1.52 bits per heavy atom. The van der Waals surface area contributed by atoms with Gasteiger partial charge in [0, 0.05) is 11.3 Å². The zero-order chi connectivity index (χ0) is 20.6. The van der Waals surface area contributed by atoms with Crippen LogP contribution in [0.1, 0.15) is 5.56 Å². The molecule has 1 saturated heterocycles. The lowest BCUT2D eigenvalue weighted by Gasteiger charge is -2.29. The molecule has 1 heterocycles. The molecule has 29 heavy (non-hydrogen) atoms. The lowest BCUT2D eigenvalue weighted by Crippen LogP contribution is -3.28. The van der Waals surface area contributed by atoms with Crippen LogP contribution in [0.25, 0.3) is 0 Å². The number of ether oxygens (including phenoxy) is 3. The lowest BCUT2D eigenvalue weighted by atomic mass is 10.1. The Labute approximate surface area is 172 Å². The van der Waals surface area contributed by atoms with Gasteiger partial charge in [-0.05, 0) is 42.5 Å². The third-order valence-electron chi connectivity index (χ3n) is 5.35. The van der Waals surface area contributed by atoms with Crippen molar-refractivity contribution >= 4 is 11.6 Å². The molecule has 0 aromatic heterocycles. The van der Waals surface area contributed by atoms with Crippen LogP contribution in [0.2, 0.25) is 0 Å². The Kier molecular flexibility index (Phi) is 7.32. The number of hydrogen-bond donors (Lipinski definition) is 3. The van der Waals surface area contributed by atoms with Crippen molar-refractivity contribution in [3.63, 3.8) is 0 Å². The van der Waals surface area contributed by atoms with E-state index in [1.54, 1.807) is 21.3 Å². The van der Waals surface area contributed by atoms with Crippen molar-refractivity contribution < 1.29 is 28.8 Å². The van der Waals surface area contributed by atoms with Gasteiger partial charge in [0.25, 0.3) is 5.91 Å². The molecule has 7 nitrogen and oxygen atoms in total. The van der Waals surface area contributed by atoms with E-state index in [1.807, 2.05) is 36.4 Å². The average molecular weight is 402 g/mol. The van der Waals surface area contributed by atoms with Gasteiger partial charge >= 0.3 is 0 Å². The Bertz CT molecular complexity index is 802. The van der Waals surface area contributed by atoms with Gasteiger partial charge < -0.3 is 29.3 Å². The summed E-state index contributed by atoms with van der Waals surface area (Å²) in [7, 11) is 4.94. The fourth-order valence-electron chi connectivity index (χ4n) is 3.70. The summed E-state index contributed by atoms with van der Waals surface area (Å²) in [6.45, 7) is 5.50. The van der Waals surface area contributed by atoms with Gasteiger partial charge in [-0.3, -0.25) is 4.79 Å². The van der Waals surface area contributed by atoms with Crippen molar-refractivity contribution in [3.8, 4) is 17.2 Å². The first-order valence-corrected chi connectivity index (χ1v) is 9.93. The first-order chi connectivity index (χ1) is 14.1. The molecule has 1 aliphatic heterocycles. The molecule has 3 N–H and O–H groups in total. The van der Waals surface area contributed by atoms with Crippen molar-refractivity contribution in [2.24, 2.45) is 0 Å². The average Bonchev–Trinajstić information content (AvgIpc) is 2.75. The molecule has 0 unspecified atom stereocenters. The summed E-state index contributed by atoms with van der Waals surface area (Å²) in [6, 6.07) is 13.5. The summed E-state index contributed by atoms with van der Waals surface area (Å²) in [5, 5.41) is 2.97. The quantitative estimate of drug-likeness (QED) is 0.565. The van der Waals surface area contributed by atoms with Crippen LogP contribution in [0, 0.1) is 0 Å². The van der Waals surface area contributed by atoms with Gasteiger partial charge in [-0.2, -0.15) is 0 Å². The lowest BCUT2D eigenvalue weighted by molar-refractivity contribution is -1.02. The fraction of sp³-hybridized carbons (Fsp3) is 0.409. The molecule has 0 atom stereocenters. The van der Waals surface area contributed by atoms with Crippen molar-refractivity contribution in [2.45, 2.75) is 6.54 Å². The van der Waals surface area contributed by atoms with E-state index in [1.165, 1.54) is 15.4 Å². The summed E-state index contributed by atoms with van der Waals surface area (Å²) < 4.78 is 15.8. The standard InChI is InChI=1S/C22H29N3O4/c1-27-19-7-5-18(6-8-19)23-22(26)16-25-12-10-24(11-13-25)15-17-4-9-20(28-2)21(14-17)29-3/h4-9,14H,10-13,15-16H2,1-3H3,(H,23,26)/p+2. The fourth-order valence-corrected chi connectivity index (χ4v) is 3.70. The van der Waals surface area contributed by atoms with Crippen molar-refractivity contribution in [1.29, 1.82) is 0 Å². The highest BCUT2D eigenvalue weighted by Gasteiger charge is 2.25. The summed E-state index contributed by atoms with van der Waals surface area (Å²) in [5.41, 5.74) is 2.03. The molecule has 1 amide bonds. The summed E-state index contributed by atoms with van der Waals surface area (Å²) >= 11 is 0. The van der Waals surface area contributed by atoms with Crippen LogP contribution in [0.3, 0.4) is 0 Å². The molecule has 1 aliphatic rings. The van der Waals surface area contributed by atoms with Gasteiger partial charge in [0.05, 0.1) is 21.3 Å². The number of carbonyl (C=O) groups excluding carboxylic acids is 1. The van der Waals surface area contributed by atoms with Crippen LogP contribution < -0.4 is 29.3 Å². The maximum atomic E-state index is 12.3. The Morgan fingerprint density at radius 1 is 0.862 bits per heavy atom. The summed E-state index contributed by atoms with van der Waals surface area (Å²) in [6.07, 6.45) is 0. The van der Waals surface area contributed by atoms with Crippen LogP contribution in [0.15, 0.2) is 42.5 Å². The van der Waals surface area contributed by atoms with Gasteiger partial charge in [0.15, 0.2) is 18.0 Å². The minimum atomic E-state index is 0.0495. The van der Waals surface area contributed by atoms with Gasteiger partial charge in [0.1, 0.15) is 38.5 Å². The second-order valence-electron chi connectivity index (χ2n) is 7.32. The minimum absolute atomic E-state index is 0.0495. The highest BCUT2D eigenvalue weighted by atomic mass is 16.5. The number of methoxy groups -OCH3 is 3. The molecule has 0 radical (unpaired) electrons. The van der Waals surface area contributed by atoms with E-state index >= 15 is 0 Å². The highest BCUT2D eigenvalue weighted by molar-refractivity contribution is 5.91. The predicted octanol–water partition coefficient (Wildman–Crippen LogP) is -0.365. The molecular formula is C22H31N3O4+2. The molecule has 2 aromatic rings. The van der Waals surface area contributed by atoms with Crippen LogP contribution in [-0.4, -0.2) is 60.0 Å². The predicted molar refractivity (Wildman–Crippen MR) is 111 cm³/mol. The van der Waals surface area contributed by atoms with Gasteiger partial charge in [0.2, 0.25) is 0 Å². The van der Waals surface area contributed by atoms with E-state index in [9.17, 15) is 4.79 Å². The number of anilines is 1. The molecule has 156 valence electrons. The largest absolute Gasteiger partial charge is 0.497 e. The van der Waals surface area contributed by atoms with Gasteiger partial charge in [-0.15, -0.1) is 0 Å². The molecule has 3 rings (SSSR count). The second-order valence-corrected chi connectivity index (χ2v) is 7.32. The monoisotopic (exact) mass is 401 g/mol. The van der Waals surface area contributed by atoms with E-state index in [4.69, 9.17) is 14.2 Å². The molecular weight excluding hydrogens is 370 g/mol. The Hall–Kier alpha value is -2.77. The zero-order valence-corrected chi connectivity index (χ0v) is 17.4. The summed E-state index contributed by atoms with van der Waals surface area (Å²) in [5.74, 6) is 2.35. The maximum absolute atomic E-state index is 12.3. The maximum Gasteiger partial charge on any atom is 0.279 e. The summed E-state index contributed by atoms with van der Waals surface area (Å²) in [4.78, 5) is 15.2. The van der Waals surface area contributed by atoms with Gasteiger partial charge in [-0.1, -0.05) is 0 Å². The Balaban J connectivity index is 1.44. The van der Waals surface area contributed by atoms with Crippen LogP contribution in [0.4, 0.5) is 5.69 Å². The number of piperazine rings is 1. The number of rotatable bonds is 8. The number of nitrogens with one attached hydrogen (secondary N) is 3. The molecule has 7 heteroatoms. The SMILES string of the molecule is COc1ccc(NC(=O)C[NH+]2CC[NH+](Cc3ccc(OC)c(OC)c3)CC2)cc1. The van der Waals surface area contributed by atoms with Gasteiger partial charge in [-0.25, -0.2) is 0 Å². The molecule has 0 bridgehead atoms. The van der Waals surface area contributed by atoms with Crippen molar-refractivity contribution in [3.05, 3.63) is 48.0 Å². The normalized spacial score (nSPS) is 18.7. The first kappa shape index (κ1) is 21.0. The molecule has 0 aliphatic carbocycles. The van der Waals surface area contributed by atoms with Crippen molar-refractivity contribution in [2.75, 3.05) is 59.4 Å². The van der Waals surface area contributed by atoms with E-state index in [0.717, 1.165) is 55.7 Å². The van der Waals surface area contributed by atoms with E-state index in [-0.39, 0.29) is 5.91 Å². The number of quaternary nitrogens is 2. The van der Waals surface area contributed by atoms with E-state index in [0.29, 0.717) is 6.54 Å². The van der Waals surface area contributed by atoms with Crippen LogP contribution >= 0.6 is 0 Å².